The van der Waals surface area contributed by atoms with Crippen LogP contribution in [0.25, 0.3) is 0 Å². The fourth-order valence-electron chi connectivity index (χ4n) is 1.96. The molecule has 1 aromatic heterocycles. The van der Waals surface area contributed by atoms with Gasteiger partial charge < -0.3 is 9.84 Å². The second-order valence-electron chi connectivity index (χ2n) is 3.90. The predicted octanol–water partition coefficient (Wildman–Crippen LogP) is 1.41. The Hall–Kier alpha value is -1.83. The van der Waals surface area contributed by atoms with Gasteiger partial charge in [0.25, 0.3) is 0 Å². The van der Waals surface area contributed by atoms with Gasteiger partial charge in [0.1, 0.15) is 6.61 Å². The zero-order valence-electron chi connectivity index (χ0n) is 9.95. The van der Waals surface area contributed by atoms with Gasteiger partial charge in [-0.3, -0.25) is 9.58 Å². The van der Waals surface area contributed by atoms with Crippen LogP contribution in [0.15, 0.2) is 23.3 Å². The van der Waals surface area contributed by atoms with Crippen LogP contribution in [0.3, 0.4) is 0 Å². The van der Waals surface area contributed by atoms with Crippen molar-refractivity contribution < 1.29 is 19.4 Å². The lowest BCUT2D eigenvalue weighted by Gasteiger charge is -2.32. The molecule has 0 radical (unpaired) electrons. The van der Waals surface area contributed by atoms with E-state index in [0.29, 0.717) is 16.7 Å². The second kappa shape index (κ2) is 5.43. The SMILES string of the molecule is C=CCOC(=O)N1CCn2ncc(Br)c2C1C(=O)O. The van der Waals surface area contributed by atoms with Crippen LogP contribution in [-0.4, -0.2) is 45.0 Å². The Balaban J connectivity index is 2.31. The first kappa shape index (κ1) is 13.6. The van der Waals surface area contributed by atoms with E-state index in [9.17, 15) is 14.7 Å². The summed E-state index contributed by atoms with van der Waals surface area (Å²) >= 11 is 3.25. The summed E-state index contributed by atoms with van der Waals surface area (Å²) in [5.41, 5.74) is 0.439. The normalized spacial score (nSPS) is 17.7. The smallest absolute Gasteiger partial charge is 0.411 e. The molecule has 19 heavy (non-hydrogen) atoms. The van der Waals surface area contributed by atoms with E-state index in [-0.39, 0.29) is 13.2 Å². The summed E-state index contributed by atoms with van der Waals surface area (Å²) < 4.78 is 7.03. The summed E-state index contributed by atoms with van der Waals surface area (Å²) in [4.78, 5) is 24.5. The lowest BCUT2D eigenvalue weighted by atomic mass is 10.1. The summed E-state index contributed by atoms with van der Waals surface area (Å²) in [6.07, 6.45) is 2.27. The third kappa shape index (κ3) is 2.48. The first-order valence-electron chi connectivity index (χ1n) is 5.54. The van der Waals surface area contributed by atoms with Crippen molar-refractivity contribution in [3.63, 3.8) is 0 Å². The van der Waals surface area contributed by atoms with Crippen molar-refractivity contribution in [1.29, 1.82) is 0 Å². The average Bonchev–Trinajstić information content (AvgIpc) is 2.76. The van der Waals surface area contributed by atoms with Gasteiger partial charge in [0.2, 0.25) is 0 Å². The maximum atomic E-state index is 11.9. The van der Waals surface area contributed by atoms with Crippen LogP contribution in [0.1, 0.15) is 11.7 Å². The standard InChI is InChI=1S/C11H12BrN3O4/c1-2-5-19-11(18)14-3-4-15-8(7(12)6-13-15)9(14)10(16)17/h2,6,9H,1,3-5H2,(H,16,17). The molecular weight excluding hydrogens is 318 g/mol. The number of amides is 1. The van der Waals surface area contributed by atoms with Crippen molar-refractivity contribution in [1.82, 2.24) is 14.7 Å². The molecule has 2 rings (SSSR count). The minimum absolute atomic E-state index is 0.0438. The zero-order chi connectivity index (χ0) is 14.0. The molecule has 0 fully saturated rings. The molecule has 1 aliphatic rings. The summed E-state index contributed by atoms with van der Waals surface area (Å²) in [7, 11) is 0. The molecule has 0 bridgehead atoms. The van der Waals surface area contributed by atoms with Crippen LogP contribution >= 0.6 is 15.9 Å². The summed E-state index contributed by atoms with van der Waals surface area (Å²) in [5, 5.41) is 13.4. The van der Waals surface area contributed by atoms with E-state index >= 15 is 0 Å². The molecule has 0 spiro atoms. The molecule has 1 N–H and O–H groups in total. The minimum Gasteiger partial charge on any atom is -0.479 e. The van der Waals surface area contributed by atoms with Gasteiger partial charge in [0.05, 0.1) is 22.9 Å². The van der Waals surface area contributed by atoms with E-state index in [2.05, 4.69) is 27.6 Å². The molecule has 102 valence electrons. The first-order chi connectivity index (χ1) is 9.06. The van der Waals surface area contributed by atoms with E-state index < -0.39 is 18.1 Å². The maximum absolute atomic E-state index is 11.9. The van der Waals surface area contributed by atoms with Crippen molar-refractivity contribution in [3.05, 3.63) is 29.0 Å². The highest BCUT2D eigenvalue weighted by Crippen LogP contribution is 2.31. The monoisotopic (exact) mass is 329 g/mol. The number of carbonyl (C=O) groups is 2. The van der Waals surface area contributed by atoms with E-state index in [4.69, 9.17) is 4.74 Å². The molecule has 0 aliphatic carbocycles. The van der Waals surface area contributed by atoms with Gasteiger partial charge in [-0.1, -0.05) is 12.7 Å². The lowest BCUT2D eigenvalue weighted by molar-refractivity contribution is -0.144. The number of carbonyl (C=O) groups excluding carboxylic acids is 1. The second-order valence-corrected chi connectivity index (χ2v) is 4.75. The van der Waals surface area contributed by atoms with Gasteiger partial charge in [0, 0.05) is 6.54 Å². The Morgan fingerprint density at radius 3 is 3.00 bits per heavy atom. The third-order valence-corrected chi connectivity index (χ3v) is 3.36. The molecule has 1 atom stereocenters. The van der Waals surface area contributed by atoms with E-state index in [0.717, 1.165) is 0 Å². The molecule has 7 nitrogen and oxygen atoms in total. The van der Waals surface area contributed by atoms with Gasteiger partial charge in [-0.25, -0.2) is 9.59 Å². The Morgan fingerprint density at radius 2 is 2.37 bits per heavy atom. The van der Waals surface area contributed by atoms with Crippen LogP contribution in [-0.2, 0) is 16.1 Å². The van der Waals surface area contributed by atoms with Crippen molar-refractivity contribution in [2.24, 2.45) is 0 Å². The van der Waals surface area contributed by atoms with Crippen LogP contribution in [0, 0.1) is 0 Å². The Morgan fingerprint density at radius 1 is 1.63 bits per heavy atom. The highest BCUT2D eigenvalue weighted by Gasteiger charge is 2.39. The fourth-order valence-corrected chi connectivity index (χ4v) is 2.47. The highest BCUT2D eigenvalue weighted by atomic mass is 79.9. The van der Waals surface area contributed by atoms with Crippen LogP contribution in [0.4, 0.5) is 4.79 Å². The molecule has 0 aromatic carbocycles. The zero-order valence-corrected chi connectivity index (χ0v) is 11.5. The Kier molecular flexibility index (Phi) is 3.89. The molecule has 1 unspecified atom stereocenters. The van der Waals surface area contributed by atoms with Crippen LogP contribution < -0.4 is 0 Å². The number of carboxylic acid groups (broad SMARTS) is 1. The predicted molar refractivity (Wildman–Crippen MR) is 68.6 cm³/mol. The highest BCUT2D eigenvalue weighted by molar-refractivity contribution is 9.10. The minimum atomic E-state index is -1.13. The average molecular weight is 330 g/mol. The number of rotatable bonds is 3. The van der Waals surface area contributed by atoms with E-state index in [1.54, 1.807) is 4.68 Å². The number of aliphatic carboxylic acids is 1. The molecule has 0 saturated carbocycles. The molecule has 1 aliphatic heterocycles. The number of halogens is 1. The molecule has 0 saturated heterocycles. The molecule has 2 heterocycles. The van der Waals surface area contributed by atoms with Crippen LogP contribution in [0.5, 0.6) is 0 Å². The largest absolute Gasteiger partial charge is 0.479 e. The van der Waals surface area contributed by atoms with E-state index in [1.807, 2.05) is 0 Å². The lowest BCUT2D eigenvalue weighted by Crippen LogP contribution is -2.45. The van der Waals surface area contributed by atoms with Gasteiger partial charge in [0.15, 0.2) is 6.04 Å². The van der Waals surface area contributed by atoms with Crippen molar-refractivity contribution >= 4 is 28.0 Å². The maximum Gasteiger partial charge on any atom is 0.411 e. The molecule has 8 heteroatoms. The first-order valence-corrected chi connectivity index (χ1v) is 6.34. The molecule has 1 aromatic rings. The Labute approximate surface area is 117 Å². The summed E-state index contributed by atoms with van der Waals surface area (Å²) in [6, 6.07) is -1.11. The summed E-state index contributed by atoms with van der Waals surface area (Å²) in [5.74, 6) is -1.13. The van der Waals surface area contributed by atoms with Gasteiger partial charge >= 0.3 is 12.1 Å². The number of hydrogen-bond donors (Lipinski definition) is 1. The number of ether oxygens (including phenoxy) is 1. The van der Waals surface area contributed by atoms with E-state index in [1.165, 1.54) is 17.2 Å². The summed E-state index contributed by atoms with van der Waals surface area (Å²) in [6.45, 7) is 4.14. The van der Waals surface area contributed by atoms with Crippen molar-refractivity contribution in [2.75, 3.05) is 13.2 Å². The topological polar surface area (TPSA) is 84.7 Å². The number of hydrogen-bond acceptors (Lipinski definition) is 4. The quantitative estimate of drug-likeness (QED) is 0.847. The number of aromatic nitrogens is 2. The number of carboxylic acids is 1. The van der Waals surface area contributed by atoms with Gasteiger partial charge in [-0.05, 0) is 15.9 Å². The third-order valence-electron chi connectivity index (χ3n) is 2.75. The fraction of sp³-hybridized carbons (Fsp3) is 0.364. The van der Waals surface area contributed by atoms with Gasteiger partial charge in [-0.15, -0.1) is 0 Å². The Bertz CT molecular complexity index is 528. The van der Waals surface area contributed by atoms with Gasteiger partial charge in [-0.2, -0.15) is 5.10 Å². The number of nitrogens with zero attached hydrogens (tertiary/aromatic N) is 3. The molecular formula is C11H12BrN3O4. The van der Waals surface area contributed by atoms with Crippen LogP contribution in [0.2, 0.25) is 0 Å². The van der Waals surface area contributed by atoms with Crippen molar-refractivity contribution in [2.45, 2.75) is 12.6 Å². The molecule has 1 amide bonds. The number of fused-ring (bicyclic) bond motifs is 1. The van der Waals surface area contributed by atoms with Crippen molar-refractivity contribution in [3.8, 4) is 0 Å².